The second-order valence-electron chi connectivity index (χ2n) is 2.99. The lowest BCUT2D eigenvalue weighted by Crippen LogP contribution is -2.02. The Balaban J connectivity index is 1.90. The second kappa shape index (κ2) is 4.20. The maximum absolute atomic E-state index is 6.06. The predicted molar refractivity (Wildman–Crippen MR) is 43.5 cm³/mol. The van der Waals surface area contributed by atoms with Crippen molar-refractivity contribution in [3.63, 3.8) is 0 Å². The number of rotatable bonds is 5. The minimum atomic E-state index is 0.426. The highest BCUT2D eigenvalue weighted by Crippen LogP contribution is 2.37. The molecule has 0 saturated heterocycles. The van der Waals surface area contributed by atoms with Crippen LogP contribution in [-0.2, 0) is 4.74 Å². The van der Waals surface area contributed by atoms with Crippen LogP contribution in [0.4, 0.5) is 0 Å². The van der Waals surface area contributed by atoms with Crippen LogP contribution in [0.25, 0.3) is 0 Å². The summed E-state index contributed by atoms with van der Waals surface area (Å²) in [7, 11) is 1.74. The lowest BCUT2D eigenvalue weighted by molar-refractivity contribution is 0.192. The number of hydrogen-bond donors (Lipinski definition) is 0. The van der Waals surface area contributed by atoms with E-state index in [1.165, 1.54) is 12.8 Å². The first-order chi connectivity index (χ1) is 4.84. The van der Waals surface area contributed by atoms with Gasteiger partial charge in [-0.1, -0.05) is 0 Å². The normalized spacial score (nSPS) is 21.0. The summed E-state index contributed by atoms with van der Waals surface area (Å²) in [6.45, 7) is 0.857. The van der Waals surface area contributed by atoms with E-state index in [1.807, 2.05) is 0 Å². The van der Waals surface area contributed by atoms with E-state index in [2.05, 4.69) is 0 Å². The first-order valence-corrected chi connectivity index (χ1v) is 4.41. The van der Waals surface area contributed by atoms with Crippen LogP contribution in [0.3, 0.4) is 0 Å². The summed E-state index contributed by atoms with van der Waals surface area (Å²) < 4.78 is 4.93. The molecule has 1 unspecified atom stereocenters. The molecule has 0 amide bonds. The van der Waals surface area contributed by atoms with Crippen molar-refractivity contribution < 1.29 is 4.74 Å². The molecule has 1 saturated carbocycles. The Morgan fingerprint density at radius 2 is 2.30 bits per heavy atom. The van der Waals surface area contributed by atoms with Crippen molar-refractivity contribution in [1.82, 2.24) is 0 Å². The van der Waals surface area contributed by atoms with E-state index in [9.17, 15) is 0 Å². The Morgan fingerprint density at radius 1 is 1.60 bits per heavy atom. The third-order valence-electron chi connectivity index (χ3n) is 1.96. The van der Waals surface area contributed by atoms with Crippen molar-refractivity contribution in [2.75, 3.05) is 13.7 Å². The molecule has 10 heavy (non-hydrogen) atoms. The van der Waals surface area contributed by atoms with E-state index < -0.39 is 0 Å². The molecule has 2 heteroatoms. The average Bonchev–Trinajstić information content (AvgIpc) is 2.69. The van der Waals surface area contributed by atoms with Crippen LogP contribution >= 0.6 is 11.6 Å². The van der Waals surface area contributed by atoms with Gasteiger partial charge in [-0.05, 0) is 31.6 Å². The quantitative estimate of drug-likeness (QED) is 0.446. The summed E-state index contributed by atoms with van der Waals surface area (Å²) in [4.78, 5) is 0. The van der Waals surface area contributed by atoms with Crippen LogP contribution < -0.4 is 0 Å². The van der Waals surface area contributed by atoms with Crippen LogP contribution in [-0.4, -0.2) is 19.1 Å². The summed E-state index contributed by atoms with van der Waals surface area (Å²) in [5, 5.41) is 0.426. The Morgan fingerprint density at radius 3 is 2.80 bits per heavy atom. The van der Waals surface area contributed by atoms with Gasteiger partial charge in [-0.2, -0.15) is 0 Å². The number of methoxy groups -OCH3 is 1. The molecule has 60 valence electrons. The fourth-order valence-electron chi connectivity index (χ4n) is 1.12. The first-order valence-electron chi connectivity index (χ1n) is 3.97. The largest absolute Gasteiger partial charge is 0.385 e. The smallest absolute Gasteiger partial charge is 0.0462 e. The van der Waals surface area contributed by atoms with Crippen molar-refractivity contribution >= 4 is 11.6 Å². The van der Waals surface area contributed by atoms with Crippen molar-refractivity contribution in [2.24, 2.45) is 5.92 Å². The Kier molecular flexibility index (Phi) is 3.50. The molecule has 0 aromatic heterocycles. The maximum atomic E-state index is 6.06. The first kappa shape index (κ1) is 8.35. The molecule has 0 radical (unpaired) electrons. The van der Waals surface area contributed by atoms with Gasteiger partial charge in [-0.3, -0.25) is 0 Å². The molecule has 0 aromatic rings. The fourth-order valence-corrected chi connectivity index (χ4v) is 1.52. The van der Waals surface area contributed by atoms with Gasteiger partial charge in [0.25, 0.3) is 0 Å². The van der Waals surface area contributed by atoms with Gasteiger partial charge in [0.05, 0.1) is 0 Å². The van der Waals surface area contributed by atoms with E-state index in [1.54, 1.807) is 7.11 Å². The zero-order chi connectivity index (χ0) is 7.40. The van der Waals surface area contributed by atoms with E-state index in [-0.39, 0.29) is 0 Å². The van der Waals surface area contributed by atoms with Gasteiger partial charge in [-0.25, -0.2) is 0 Å². The molecule has 1 fully saturated rings. The molecule has 1 nitrogen and oxygen atoms in total. The number of hydrogen-bond acceptors (Lipinski definition) is 1. The van der Waals surface area contributed by atoms with Gasteiger partial charge in [0, 0.05) is 19.1 Å². The molecule has 0 aromatic carbocycles. The zero-order valence-corrected chi connectivity index (χ0v) is 7.23. The average molecular weight is 163 g/mol. The molecule has 0 N–H and O–H groups in total. The summed E-state index contributed by atoms with van der Waals surface area (Å²) in [5.41, 5.74) is 0. The SMILES string of the molecule is COCCCC(Cl)C1CC1. The summed E-state index contributed by atoms with van der Waals surface area (Å²) in [6, 6.07) is 0. The number of ether oxygens (including phenoxy) is 1. The fraction of sp³-hybridized carbons (Fsp3) is 1.00. The van der Waals surface area contributed by atoms with Crippen molar-refractivity contribution in [2.45, 2.75) is 31.1 Å². The third kappa shape index (κ3) is 2.89. The van der Waals surface area contributed by atoms with Crippen molar-refractivity contribution in [1.29, 1.82) is 0 Å². The molecule has 1 aliphatic rings. The highest BCUT2D eigenvalue weighted by atomic mass is 35.5. The van der Waals surface area contributed by atoms with Crippen LogP contribution in [0.15, 0.2) is 0 Å². The summed E-state index contributed by atoms with van der Waals surface area (Å²) in [6.07, 6.45) is 4.93. The highest BCUT2D eigenvalue weighted by molar-refractivity contribution is 6.20. The lowest BCUT2D eigenvalue weighted by Gasteiger charge is -2.05. The summed E-state index contributed by atoms with van der Waals surface area (Å²) in [5.74, 6) is 0.832. The van der Waals surface area contributed by atoms with Gasteiger partial charge >= 0.3 is 0 Å². The van der Waals surface area contributed by atoms with E-state index in [0.717, 1.165) is 25.4 Å². The minimum Gasteiger partial charge on any atom is -0.385 e. The van der Waals surface area contributed by atoms with Crippen molar-refractivity contribution in [3.05, 3.63) is 0 Å². The predicted octanol–water partition coefficient (Wildman–Crippen LogP) is 2.43. The molecule has 0 bridgehead atoms. The zero-order valence-electron chi connectivity index (χ0n) is 6.48. The summed E-state index contributed by atoms with van der Waals surface area (Å²) >= 11 is 6.06. The monoisotopic (exact) mass is 162 g/mol. The van der Waals surface area contributed by atoms with E-state index in [0.29, 0.717) is 5.38 Å². The molecule has 0 spiro atoms. The van der Waals surface area contributed by atoms with Gasteiger partial charge < -0.3 is 4.74 Å². The maximum Gasteiger partial charge on any atom is 0.0462 e. The van der Waals surface area contributed by atoms with Crippen LogP contribution in [0.2, 0.25) is 0 Å². The number of halogens is 1. The van der Waals surface area contributed by atoms with Crippen LogP contribution in [0.1, 0.15) is 25.7 Å². The van der Waals surface area contributed by atoms with E-state index in [4.69, 9.17) is 16.3 Å². The van der Waals surface area contributed by atoms with Crippen LogP contribution in [0.5, 0.6) is 0 Å². The molecular formula is C8H15ClO. The lowest BCUT2D eigenvalue weighted by atomic mass is 10.2. The molecule has 1 aliphatic carbocycles. The van der Waals surface area contributed by atoms with Gasteiger partial charge in [-0.15, -0.1) is 11.6 Å². The van der Waals surface area contributed by atoms with E-state index >= 15 is 0 Å². The topological polar surface area (TPSA) is 9.23 Å². The molecule has 1 atom stereocenters. The number of alkyl halides is 1. The Hall–Kier alpha value is 0.250. The van der Waals surface area contributed by atoms with Gasteiger partial charge in [0.1, 0.15) is 0 Å². The third-order valence-corrected chi connectivity index (χ3v) is 2.54. The highest BCUT2D eigenvalue weighted by Gasteiger charge is 2.28. The Bertz CT molecular complexity index is 91.3. The second-order valence-corrected chi connectivity index (χ2v) is 3.55. The molecule has 0 heterocycles. The van der Waals surface area contributed by atoms with Crippen molar-refractivity contribution in [3.8, 4) is 0 Å². The van der Waals surface area contributed by atoms with Crippen LogP contribution in [0, 0.1) is 5.92 Å². The minimum absolute atomic E-state index is 0.426. The molecule has 1 rings (SSSR count). The molecular weight excluding hydrogens is 148 g/mol. The van der Waals surface area contributed by atoms with Gasteiger partial charge in [0.15, 0.2) is 0 Å². The Labute approximate surface area is 67.7 Å². The molecule has 0 aliphatic heterocycles. The standard InChI is InChI=1S/C8H15ClO/c1-10-6-2-3-8(9)7-4-5-7/h7-8H,2-6H2,1H3. The van der Waals surface area contributed by atoms with Gasteiger partial charge in [0.2, 0.25) is 0 Å².